The molecule has 0 aromatic heterocycles. The van der Waals surface area contributed by atoms with Crippen LogP contribution in [-0.2, 0) is 10.8 Å². The summed E-state index contributed by atoms with van der Waals surface area (Å²) in [5, 5.41) is 0. The van der Waals surface area contributed by atoms with Gasteiger partial charge in [-0.05, 0) is 37.1 Å². The van der Waals surface area contributed by atoms with Crippen LogP contribution in [0.25, 0.3) is 0 Å². The molecule has 2 N–H and O–H groups in total. The van der Waals surface area contributed by atoms with E-state index in [1.54, 1.807) is 0 Å². The molecule has 1 atom stereocenters. The number of rotatable bonds is 8. The molecule has 18 heavy (non-hydrogen) atoms. The molecule has 1 unspecified atom stereocenters. The molecule has 0 aliphatic carbocycles. The lowest BCUT2D eigenvalue weighted by molar-refractivity contribution is 0.622. The molecule has 102 valence electrons. The molecule has 2 nitrogen and oxygen atoms in total. The number of nitrogens with two attached hydrogens (primary N) is 1. The van der Waals surface area contributed by atoms with Crippen molar-refractivity contribution in [2.75, 3.05) is 11.5 Å². The van der Waals surface area contributed by atoms with Gasteiger partial charge in [-0.1, -0.05) is 39.0 Å². The Morgan fingerprint density at radius 1 is 1.11 bits per heavy atom. The highest BCUT2D eigenvalue weighted by molar-refractivity contribution is 7.85. The Kier molecular flexibility index (Phi) is 7.02. The third-order valence-corrected chi connectivity index (χ3v) is 4.63. The van der Waals surface area contributed by atoms with Crippen molar-refractivity contribution in [2.24, 2.45) is 0 Å². The summed E-state index contributed by atoms with van der Waals surface area (Å²) in [6.07, 6.45) is 7.42. The number of anilines is 1. The van der Waals surface area contributed by atoms with Gasteiger partial charge in [-0.2, -0.15) is 0 Å². The molecule has 0 radical (unpaired) electrons. The van der Waals surface area contributed by atoms with Gasteiger partial charge in [-0.15, -0.1) is 0 Å². The van der Waals surface area contributed by atoms with Crippen LogP contribution in [-0.4, -0.2) is 9.96 Å². The number of hydrogen-bond acceptors (Lipinski definition) is 2. The number of benzene rings is 1. The van der Waals surface area contributed by atoms with Crippen LogP contribution in [0.4, 0.5) is 5.69 Å². The first kappa shape index (κ1) is 15.2. The zero-order valence-electron chi connectivity index (χ0n) is 11.6. The molecule has 0 amide bonds. The largest absolute Gasteiger partial charge is 0.399 e. The molecule has 0 heterocycles. The second-order valence-corrected chi connectivity index (χ2v) is 6.41. The minimum atomic E-state index is -0.865. The van der Waals surface area contributed by atoms with Crippen LogP contribution in [0.1, 0.15) is 51.0 Å². The van der Waals surface area contributed by atoms with Gasteiger partial charge in [0.15, 0.2) is 0 Å². The molecule has 0 saturated heterocycles. The van der Waals surface area contributed by atoms with Gasteiger partial charge in [0.1, 0.15) is 0 Å². The van der Waals surface area contributed by atoms with Crippen LogP contribution < -0.4 is 5.73 Å². The van der Waals surface area contributed by atoms with E-state index in [2.05, 4.69) is 6.92 Å². The van der Waals surface area contributed by atoms with E-state index in [4.69, 9.17) is 5.73 Å². The lowest BCUT2D eigenvalue weighted by atomic mass is 10.1. The number of hydrogen-bond donors (Lipinski definition) is 1. The Bertz CT molecular complexity index is 390. The quantitative estimate of drug-likeness (QED) is 0.570. The fraction of sp³-hybridized carbons (Fsp3) is 0.600. The van der Waals surface area contributed by atoms with Crippen molar-refractivity contribution in [1.29, 1.82) is 0 Å². The van der Waals surface area contributed by atoms with Crippen LogP contribution in [0.5, 0.6) is 0 Å². The summed E-state index contributed by atoms with van der Waals surface area (Å²) in [6.45, 7) is 4.18. The van der Waals surface area contributed by atoms with Gasteiger partial charge in [0.05, 0.1) is 10.8 Å². The molecular weight excluding hydrogens is 242 g/mol. The number of unbranched alkanes of at least 4 members (excludes halogenated alkanes) is 5. The van der Waals surface area contributed by atoms with Crippen LogP contribution in [0.15, 0.2) is 23.1 Å². The Morgan fingerprint density at radius 3 is 2.44 bits per heavy atom. The first-order chi connectivity index (χ1) is 8.65. The normalized spacial score (nSPS) is 12.6. The molecular formula is C15H25NOS. The fourth-order valence-corrected chi connectivity index (χ4v) is 3.15. The van der Waals surface area contributed by atoms with Crippen LogP contribution >= 0.6 is 0 Å². The molecule has 0 bridgehead atoms. The van der Waals surface area contributed by atoms with E-state index in [1.165, 1.54) is 32.1 Å². The van der Waals surface area contributed by atoms with Gasteiger partial charge in [-0.25, -0.2) is 0 Å². The lowest BCUT2D eigenvalue weighted by Crippen LogP contribution is -2.00. The van der Waals surface area contributed by atoms with Crippen molar-refractivity contribution in [1.82, 2.24) is 0 Å². The first-order valence-electron chi connectivity index (χ1n) is 6.89. The number of nitrogen functional groups attached to an aromatic ring is 1. The Balaban J connectivity index is 2.30. The predicted octanol–water partition coefficient (Wildman–Crippen LogP) is 4.05. The molecule has 0 aliphatic rings. The van der Waals surface area contributed by atoms with Crippen molar-refractivity contribution in [3.63, 3.8) is 0 Å². The minimum Gasteiger partial charge on any atom is -0.399 e. The van der Waals surface area contributed by atoms with Gasteiger partial charge >= 0.3 is 0 Å². The molecule has 0 spiro atoms. The van der Waals surface area contributed by atoms with Crippen molar-refractivity contribution < 1.29 is 4.21 Å². The molecule has 3 heteroatoms. The summed E-state index contributed by atoms with van der Waals surface area (Å²) in [4.78, 5) is 0.912. The van der Waals surface area contributed by atoms with E-state index in [9.17, 15) is 4.21 Å². The highest BCUT2D eigenvalue weighted by Gasteiger charge is 2.05. The van der Waals surface area contributed by atoms with Gasteiger partial charge in [0.2, 0.25) is 0 Å². The third-order valence-electron chi connectivity index (χ3n) is 3.19. The molecule has 1 rings (SSSR count). The Morgan fingerprint density at radius 2 is 1.78 bits per heavy atom. The average molecular weight is 267 g/mol. The van der Waals surface area contributed by atoms with Crippen LogP contribution in [0.2, 0.25) is 0 Å². The van der Waals surface area contributed by atoms with Crippen molar-refractivity contribution in [3.8, 4) is 0 Å². The molecule has 1 aromatic carbocycles. The zero-order chi connectivity index (χ0) is 13.4. The fourth-order valence-electron chi connectivity index (χ4n) is 1.92. The van der Waals surface area contributed by atoms with Crippen LogP contribution in [0.3, 0.4) is 0 Å². The van der Waals surface area contributed by atoms with E-state index in [0.717, 1.165) is 28.3 Å². The first-order valence-corrected chi connectivity index (χ1v) is 8.21. The van der Waals surface area contributed by atoms with Crippen LogP contribution in [0, 0.1) is 6.92 Å². The Labute approximate surface area is 113 Å². The van der Waals surface area contributed by atoms with E-state index in [0.29, 0.717) is 0 Å². The maximum absolute atomic E-state index is 12.1. The summed E-state index contributed by atoms with van der Waals surface area (Å²) in [5.41, 5.74) is 7.55. The Hall–Kier alpha value is -0.830. The maximum atomic E-state index is 12.1. The van der Waals surface area contributed by atoms with Gasteiger partial charge < -0.3 is 5.73 Å². The van der Waals surface area contributed by atoms with E-state index in [-0.39, 0.29) is 0 Å². The van der Waals surface area contributed by atoms with Crippen molar-refractivity contribution in [3.05, 3.63) is 23.8 Å². The molecule has 0 saturated carbocycles. The molecule has 0 aliphatic heterocycles. The van der Waals surface area contributed by atoms with E-state index < -0.39 is 10.8 Å². The summed E-state index contributed by atoms with van der Waals surface area (Å²) in [5.74, 6) is 0.773. The summed E-state index contributed by atoms with van der Waals surface area (Å²) >= 11 is 0. The second kappa shape index (κ2) is 8.30. The SMILES string of the molecule is CCCCCCCCS(=O)c1ccc(N)c(C)c1. The number of aryl methyl sites for hydroxylation is 1. The highest BCUT2D eigenvalue weighted by Crippen LogP contribution is 2.16. The highest BCUT2D eigenvalue weighted by atomic mass is 32.2. The minimum absolute atomic E-state index is 0.773. The van der Waals surface area contributed by atoms with Crippen molar-refractivity contribution in [2.45, 2.75) is 57.3 Å². The molecule has 1 aromatic rings. The predicted molar refractivity (Wildman–Crippen MR) is 80.2 cm³/mol. The van der Waals surface area contributed by atoms with Gasteiger partial charge in [-0.3, -0.25) is 4.21 Å². The summed E-state index contributed by atoms with van der Waals surface area (Å²) in [7, 11) is -0.865. The summed E-state index contributed by atoms with van der Waals surface area (Å²) in [6, 6.07) is 5.68. The smallest absolute Gasteiger partial charge is 0.0529 e. The average Bonchev–Trinajstić information content (AvgIpc) is 2.36. The van der Waals surface area contributed by atoms with Gasteiger partial charge in [0, 0.05) is 16.3 Å². The van der Waals surface area contributed by atoms with Gasteiger partial charge in [0.25, 0.3) is 0 Å². The van der Waals surface area contributed by atoms with E-state index >= 15 is 0 Å². The standard InChI is InChI=1S/C15H25NOS/c1-3-4-5-6-7-8-11-18(17)14-9-10-15(16)13(2)12-14/h9-10,12H,3-8,11,16H2,1-2H3. The zero-order valence-corrected chi connectivity index (χ0v) is 12.4. The topological polar surface area (TPSA) is 43.1 Å². The maximum Gasteiger partial charge on any atom is 0.0529 e. The monoisotopic (exact) mass is 267 g/mol. The van der Waals surface area contributed by atoms with E-state index in [1.807, 2.05) is 25.1 Å². The summed E-state index contributed by atoms with van der Waals surface area (Å²) < 4.78 is 12.1. The van der Waals surface area contributed by atoms with Crippen molar-refractivity contribution >= 4 is 16.5 Å². The molecule has 0 fully saturated rings. The lowest BCUT2D eigenvalue weighted by Gasteiger charge is -2.05. The second-order valence-electron chi connectivity index (χ2n) is 4.84. The third kappa shape index (κ3) is 5.21.